The number of carbonyl (C=O) groups excluding carboxylic acids is 1. The number of anilines is 1. The van der Waals surface area contributed by atoms with Gasteiger partial charge in [0.15, 0.2) is 10.4 Å². The number of hydrogen-bond donors (Lipinski definition) is 1. The van der Waals surface area contributed by atoms with Crippen molar-refractivity contribution in [2.24, 2.45) is 0 Å². The van der Waals surface area contributed by atoms with Gasteiger partial charge in [0, 0.05) is 5.75 Å². The summed E-state index contributed by atoms with van der Waals surface area (Å²) in [5, 5.41) is 11.4. The summed E-state index contributed by atoms with van der Waals surface area (Å²) in [5.74, 6) is 1.33. The van der Waals surface area contributed by atoms with Crippen molar-refractivity contribution in [3.8, 4) is 5.75 Å². The fourth-order valence-corrected chi connectivity index (χ4v) is 4.42. The number of benzene rings is 1. The third-order valence-electron chi connectivity index (χ3n) is 4.22. The molecule has 1 aromatic heterocycles. The van der Waals surface area contributed by atoms with Crippen LogP contribution in [0.5, 0.6) is 5.75 Å². The fourth-order valence-electron chi connectivity index (χ4n) is 2.90. The minimum absolute atomic E-state index is 0.193. The van der Waals surface area contributed by atoms with Gasteiger partial charge in [0.1, 0.15) is 5.75 Å². The Hall–Kier alpha value is -1.86. The van der Waals surface area contributed by atoms with Gasteiger partial charge in [-0.2, -0.15) is 0 Å². The van der Waals surface area contributed by atoms with Crippen LogP contribution in [-0.2, 0) is 17.6 Å². The number of rotatable bonds is 8. The van der Waals surface area contributed by atoms with Gasteiger partial charge in [0.2, 0.25) is 5.13 Å². The predicted molar refractivity (Wildman–Crippen MR) is 107 cm³/mol. The Morgan fingerprint density at radius 3 is 2.96 bits per heavy atom. The minimum Gasteiger partial charge on any atom is -0.481 e. The molecule has 0 bridgehead atoms. The second-order valence-electron chi connectivity index (χ2n) is 6.11. The van der Waals surface area contributed by atoms with Crippen molar-refractivity contribution in [2.75, 3.05) is 11.1 Å². The number of ether oxygens (including phenoxy) is 1. The Bertz CT molecular complexity index is 776. The average Bonchev–Trinajstić information content (AvgIpc) is 3.11. The lowest BCUT2D eigenvalue weighted by Crippen LogP contribution is -2.32. The molecule has 7 heteroatoms. The molecule has 0 unspecified atom stereocenters. The third kappa shape index (κ3) is 4.86. The lowest BCUT2D eigenvalue weighted by molar-refractivity contribution is -0.122. The largest absolute Gasteiger partial charge is 0.481 e. The molecule has 1 N–H and O–H groups in total. The molecule has 5 nitrogen and oxygen atoms in total. The zero-order valence-corrected chi connectivity index (χ0v) is 16.5. The van der Waals surface area contributed by atoms with Crippen molar-refractivity contribution in [3.05, 3.63) is 42.0 Å². The lowest BCUT2D eigenvalue weighted by Gasteiger charge is -2.20. The Balaban J connectivity index is 1.61. The van der Waals surface area contributed by atoms with Gasteiger partial charge in [-0.25, -0.2) is 0 Å². The number of aryl methyl sites for hydroxylation is 2. The van der Waals surface area contributed by atoms with Crippen LogP contribution in [0.4, 0.5) is 5.13 Å². The smallest absolute Gasteiger partial charge is 0.267 e. The molecule has 0 fully saturated rings. The van der Waals surface area contributed by atoms with E-state index in [2.05, 4.69) is 34.2 Å². The van der Waals surface area contributed by atoms with E-state index in [-0.39, 0.29) is 5.91 Å². The Kier molecular flexibility index (Phi) is 6.68. The van der Waals surface area contributed by atoms with E-state index in [1.807, 2.05) is 19.1 Å². The van der Waals surface area contributed by atoms with Gasteiger partial charge in [-0.05, 0) is 55.4 Å². The van der Waals surface area contributed by atoms with E-state index in [0.29, 0.717) is 11.6 Å². The van der Waals surface area contributed by atoms with E-state index in [9.17, 15) is 4.79 Å². The third-order valence-corrected chi connectivity index (χ3v) is 6.19. The van der Waals surface area contributed by atoms with E-state index >= 15 is 0 Å². The zero-order valence-electron chi connectivity index (χ0n) is 14.9. The second-order valence-corrected chi connectivity index (χ2v) is 8.36. The maximum atomic E-state index is 12.5. The summed E-state index contributed by atoms with van der Waals surface area (Å²) in [7, 11) is 0. The Morgan fingerprint density at radius 1 is 1.38 bits per heavy atom. The molecule has 0 aliphatic heterocycles. The summed E-state index contributed by atoms with van der Waals surface area (Å²) in [4.78, 5) is 12.5. The van der Waals surface area contributed by atoms with Crippen molar-refractivity contribution in [1.29, 1.82) is 0 Å². The summed E-state index contributed by atoms with van der Waals surface area (Å²) in [6.07, 6.45) is 6.54. The molecule has 1 heterocycles. The maximum Gasteiger partial charge on any atom is 0.267 e. The molecule has 0 spiro atoms. The molecule has 1 aliphatic rings. The van der Waals surface area contributed by atoms with Crippen molar-refractivity contribution >= 4 is 34.1 Å². The van der Waals surface area contributed by atoms with E-state index in [1.54, 1.807) is 11.8 Å². The molecule has 0 saturated carbocycles. The van der Waals surface area contributed by atoms with Crippen LogP contribution in [-0.4, -0.2) is 28.0 Å². The molecular weight excluding hydrogens is 366 g/mol. The average molecular weight is 390 g/mol. The quantitative estimate of drug-likeness (QED) is 0.409. The highest BCUT2D eigenvalue weighted by Gasteiger charge is 2.21. The topological polar surface area (TPSA) is 64.1 Å². The number of carbonyl (C=O) groups is 1. The molecule has 138 valence electrons. The van der Waals surface area contributed by atoms with Crippen molar-refractivity contribution in [3.63, 3.8) is 0 Å². The van der Waals surface area contributed by atoms with Crippen molar-refractivity contribution < 1.29 is 9.53 Å². The van der Waals surface area contributed by atoms with Crippen LogP contribution in [0.25, 0.3) is 0 Å². The maximum absolute atomic E-state index is 12.5. The molecule has 1 aliphatic carbocycles. The summed E-state index contributed by atoms with van der Waals surface area (Å²) < 4.78 is 6.77. The first-order valence-electron chi connectivity index (χ1n) is 8.86. The first-order chi connectivity index (χ1) is 12.7. The first kappa shape index (κ1) is 18.9. The minimum atomic E-state index is -0.551. The standard InChI is InChI=1S/C19H23N3O2S2/c1-3-11-25-19-22-21-18(26-19)20-17(23)16(4-2)24-15-10-9-13-7-5-6-8-14(13)12-15/h3,9-10,12,16H,1,4-8,11H2,2H3,(H,20,21,23)/t16-/m1/s1. The molecular formula is C19H23N3O2S2. The Labute approximate surface area is 162 Å². The van der Waals surface area contributed by atoms with E-state index < -0.39 is 6.10 Å². The number of amides is 1. The van der Waals surface area contributed by atoms with E-state index in [1.165, 1.54) is 35.3 Å². The van der Waals surface area contributed by atoms with Crippen LogP contribution in [0, 0.1) is 0 Å². The van der Waals surface area contributed by atoms with Crippen molar-refractivity contribution in [1.82, 2.24) is 10.2 Å². The molecule has 3 rings (SSSR count). The number of fused-ring (bicyclic) bond motifs is 1. The van der Waals surface area contributed by atoms with Crippen LogP contribution in [0.3, 0.4) is 0 Å². The van der Waals surface area contributed by atoms with Gasteiger partial charge in [0.25, 0.3) is 5.91 Å². The number of thioether (sulfide) groups is 1. The molecule has 0 saturated heterocycles. The summed E-state index contributed by atoms with van der Waals surface area (Å²) in [6, 6.07) is 6.18. The lowest BCUT2D eigenvalue weighted by atomic mass is 9.92. The molecule has 1 amide bonds. The number of aromatic nitrogens is 2. The summed E-state index contributed by atoms with van der Waals surface area (Å²) in [6.45, 7) is 5.62. The number of nitrogens with zero attached hydrogens (tertiary/aromatic N) is 2. The van der Waals surface area contributed by atoms with Crippen LogP contribution in [0.2, 0.25) is 0 Å². The van der Waals surface area contributed by atoms with Gasteiger partial charge in [-0.3, -0.25) is 10.1 Å². The van der Waals surface area contributed by atoms with Gasteiger partial charge in [0.05, 0.1) is 0 Å². The van der Waals surface area contributed by atoms with Gasteiger partial charge in [-0.1, -0.05) is 42.2 Å². The van der Waals surface area contributed by atoms with Crippen LogP contribution >= 0.6 is 23.1 Å². The van der Waals surface area contributed by atoms with Crippen molar-refractivity contribution in [2.45, 2.75) is 49.5 Å². The fraction of sp³-hybridized carbons (Fsp3) is 0.421. The molecule has 2 aromatic rings. The summed E-state index contributed by atoms with van der Waals surface area (Å²) >= 11 is 2.90. The highest BCUT2D eigenvalue weighted by atomic mass is 32.2. The molecule has 1 aromatic carbocycles. The highest BCUT2D eigenvalue weighted by Crippen LogP contribution is 2.27. The van der Waals surface area contributed by atoms with E-state index in [4.69, 9.17) is 4.74 Å². The SMILES string of the molecule is C=CCSc1nnc(NC(=O)[C@@H](CC)Oc2ccc3c(c2)CCCC3)s1. The van der Waals surface area contributed by atoms with Gasteiger partial charge >= 0.3 is 0 Å². The second kappa shape index (κ2) is 9.19. The summed E-state index contributed by atoms with van der Waals surface area (Å²) in [5.41, 5.74) is 2.75. The predicted octanol–water partition coefficient (Wildman–Crippen LogP) is 4.49. The molecule has 26 heavy (non-hydrogen) atoms. The first-order valence-corrected chi connectivity index (χ1v) is 10.7. The van der Waals surface area contributed by atoms with Gasteiger partial charge < -0.3 is 4.74 Å². The zero-order chi connectivity index (χ0) is 18.4. The number of nitrogens with one attached hydrogen (secondary N) is 1. The van der Waals surface area contributed by atoms with Crippen LogP contribution < -0.4 is 10.1 Å². The number of hydrogen-bond acceptors (Lipinski definition) is 6. The van der Waals surface area contributed by atoms with E-state index in [0.717, 1.165) is 28.7 Å². The van der Waals surface area contributed by atoms with Gasteiger partial charge in [-0.15, -0.1) is 16.8 Å². The molecule has 0 radical (unpaired) electrons. The van der Waals surface area contributed by atoms with Crippen LogP contribution in [0.1, 0.15) is 37.3 Å². The Morgan fingerprint density at radius 2 is 2.19 bits per heavy atom. The van der Waals surface area contributed by atoms with Crippen LogP contribution in [0.15, 0.2) is 35.2 Å². The molecule has 1 atom stereocenters. The monoisotopic (exact) mass is 389 g/mol. The highest BCUT2D eigenvalue weighted by molar-refractivity contribution is 8.01. The normalized spacial score (nSPS) is 14.3.